The molecular formula is C20H22N2O4. The number of carbonyl (C=O) groups excluding carboxylic acids is 2. The maximum absolute atomic E-state index is 12.0. The number of anilines is 1. The van der Waals surface area contributed by atoms with E-state index in [1.54, 1.807) is 48.5 Å². The van der Waals surface area contributed by atoms with Crippen LogP contribution < -0.4 is 15.4 Å². The minimum absolute atomic E-state index is 0.0923. The van der Waals surface area contributed by atoms with Crippen molar-refractivity contribution >= 4 is 17.5 Å². The van der Waals surface area contributed by atoms with Gasteiger partial charge in [-0.15, -0.1) is 0 Å². The number of nitrogens with one attached hydrogen (secondary N) is 2. The van der Waals surface area contributed by atoms with Gasteiger partial charge in [-0.25, -0.2) is 0 Å². The van der Waals surface area contributed by atoms with Crippen LogP contribution in [0.2, 0.25) is 0 Å². The van der Waals surface area contributed by atoms with Crippen LogP contribution in [0.15, 0.2) is 54.6 Å². The molecule has 0 aromatic heterocycles. The van der Waals surface area contributed by atoms with Crippen molar-refractivity contribution in [1.29, 1.82) is 0 Å². The molecule has 1 aliphatic rings. The Bertz CT molecular complexity index is 725. The number of carbonyl (C=O) groups is 2. The van der Waals surface area contributed by atoms with Crippen molar-refractivity contribution in [2.24, 2.45) is 0 Å². The van der Waals surface area contributed by atoms with Crippen molar-refractivity contribution in [3.05, 3.63) is 60.2 Å². The van der Waals surface area contributed by atoms with Crippen molar-refractivity contribution in [3.63, 3.8) is 0 Å². The lowest BCUT2D eigenvalue weighted by Crippen LogP contribution is -2.32. The summed E-state index contributed by atoms with van der Waals surface area (Å²) in [6.45, 7) is 1.25. The summed E-state index contributed by atoms with van der Waals surface area (Å²) >= 11 is 0. The van der Waals surface area contributed by atoms with E-state index in [-0.39, 0.29) is 24.5 Å². The van der Waals surface area contributed by atoms with Crippen molar-refractivity contribution in [2.75, 3.05) is 25.1 Å². The number of hydrogen-bond acceptors (Lipinski definition) is 4. The smallest absolute Gasteiger partial charge is 0.251 e. The topological polar surface area (TPSA) is 76.7 Å². The van der Waals surface area contributed by atoms with Crippen LogP contribution in [0.4, 0.5) is 5.69 Å². The highest BCUT2D eigenvalue weighted by molar-refractivity contribution is 5.99. The third-order valence-corrected chi connectivity index (χ3v) is 4.04. The molecule has 26 heavy (non-hydrogen) atoms. The van der Waals surface area contributed by atoms with E-state index in [4.69, 9.17) is 9.47 Å². The van der Waals surface area contributed by atoms with Crippen LogP contribution in [-0.2, 0) is 9.53 Å². The zero-order valence-corrected chi connectivity index (χ0v) is 14.4. The average molecular weight is 354 g/mol. The van der Waals surface area contributed by atoms with Gasteiger partial charge in [0.1, 0.15) is 12.4 Å². The van der Waals surface area contributed by atoms with Gasteiger partial charge in [0.15, 0.2) is 0 Å². The van der Waals surface area contributed by atoms with Gasteiger partial charge in [0, 0.05) is 17.9 Å². The highest BCUT2D eigenvalue weighted by atomic mass is 16.5. The summed E-state index contributed by atoms with van der Waals surface area (Å²) < 4.78 is 11.2. The van der Waals surface area contributed by atoms with E-state index in [0.717, 1.165) is 25.2 Å². The fourth-order valence-electron chi connectivity index (χ4n) is 2.66. The van der Waals surface area contributed by atoms with Gasteiger partial charge in [0.2, 0.25) is 5.91 Å². The summed E-state index contributed by atoms with van der Waals surface area (Å²) in [6, 6.07) is 15.9. The van der Waals surface area contributed by atoms with Gasteiger partial charge in [0.05, 0.1) is 12.6 Å². The normalized spacial score (nSPS) is 16.1. The maximum Gasteiger partial charge on any atom is 0.251 e. The van der Waals surface area contributed by atoms with Gasteiger partial charge in [-0.3, -0.25) is 9.59 Å². The molecule has 2 aromatic rings. The van der Waals surface area contributed by atoms with E-state index in [1.807, 2.05) is 6.07 Å². The Morgan fingerprint density at radius 2 is 1.85 bits per heavy atom. The van der Waals surface area contributed by atoms with Gasteiger partial charge < -0.3 is 20.1 Å². The third kappa shape index (κ3) is 5.32. The molecule has 3 rings (SSSR count). The van der Waals surface area contributed by atoms with Crippen LogP contribution in [0.5, 0.6) is 5.75 Å². The predicted octanol–water partition coefficient (Wildman–Crippen LogP) is 2.61. The fraction of sp³-hybridized carbons (Fsp3) is 0.300. The summed E-state index contributed by atoms with van der Waals surface area (Å²) in [5.41, 5.74) is 1.17. The molecule has 1 saturated heterocycles. The first-order valence-corrected chi connectivity index (χ1v) is 8.68. The van der Waals surface area contributed by atoms with Crippen LogP contribution in [0, 0.1) is 0 Å². The van der Waals surface area contributed by atoms with Crippen molar-refractivity contribution in [2.45, 2.75) is 18.9 Å². The van der Waals surface area contributed by atoms with Crippen LogP contribution in [-0.4, -0.2) is 37.7 Å². The van der Waals surface area contributed by atoms with Gasteiger partial charge in [-0.2, -0.15) is 0 Å². The lowest BCUT2D eigenvalue weighted by Gasteiger charge is -2.12. The lowest BCUT2D eigenvalue weighted by atomic mass is 10.2. The molecular weight excluding hydrogens is 332 g/mol. The quantitative estimate of drug-likeness (QED) is 0.801. The number of ether oxygens (including phenoxy) is 2. The molecule has 1 heterocycles. The summed E-state index contributed by atoms with van der Waals surface area (Å²) in [5.74, 6) is 0.164. The van der Waals surface area contributed by atoms with Gasteiger partial charge in [0.25, 0.3) is 5.91 Å². The molecule has 2 aromatic carbocycles. The lowest BCUT2D eigenvalue weighted by molar-refractivity contribution is -0.115. The molecule has 2 amide bonds. The zero-order valence-electron chi connectivity index (χ0n) is 14.4. The second kappa shape index (κ2) is 9.01. The monoisotopic (exact) mass is 354 g/mol. The molecule has 1 unspecified atom stereocenters. The number of rotatable bonds is 7. The summed E-state index contributed by atoms with van der Waals surface area (Å²) in [7, 11) is 0. The molecule has 0 spiro atoms. The largest absolute Gasteiger partial charge is 0.491 e. The van der Waals surface area contributed by atoms with Crippen molar-refractivity contribution in [3.8, 4) is 5.75 Å². The Morgan fingerprint density at radius 1 is 1.08 bits per heavy atom. The Kier molecular flexibility index (Phi) is 6.22. The first kappa shape index (κ1) is 17.9. The maximum atomic E-state index is 12.0. The molecule has 2 N–H and O–H groups in total. The van der Waals surface area contributed by atoms with Crippen LogP contribution in [0.3, 0.4) is 0 Å². The molecule has 136 valence electrons. The summed E-state index contributed by atoms with van der Waals surface area (Å²) in [4.78, 5) is 23.9. The molecule has 1 fully saturated rings. The minimum atomic E-state index is -0.290. The first-order valence-electron chi connectivity index (χ1n) is 8.68. The summed E-state index contributed by atoms with van der Waals surface area (Å²) in [5, 5.41) is 5.33. The van der Waals surface area contributed by atoms with Crippen molar-refractivity contribution in [1.82, 2.24) is 5.32 Å². The van der Waals surface area contributed by atoms with E-state index in [2.05, 4.69) is 10.6 Å². The SMILES string of the molecule is O=C(CNC(=O)c1ccccc1)Nc1ccc(OCC2CCCO2)cc1. The van der Waals surface area contributed by atoms with E-state index in [1.165, 1.54) is 0 Å². The molecule has 0 aliphatic carbocycles. The first-order chi connectivity index (χ1) is 12.7. The van der Waals surface area contributed by atoms with Crippen molar-refractivity contribution < 1.29 is 19.1 Å². The molecule has 0 bridgehead atoms. The predicted molar refractivity (Wildman–Crippen MR) is 98.3 cm³/mol. The third-order valence-electron chi connectivity index (χ3n) is 4.04. The van der Waals surface area contributed by atoms with Crippen LogP contribution in [0.1, 0.15) is 23.2 Å². The molecule has 6 heteroatoms. The van der Waals surface area contributed by atoms with Crippen LogP contribution in [0.25, 0.3) is 0 Å². The van der Waals surface area contributed by atoms with E-state index >= 15 is 0 Å². The Hall–Kier alpha value is -2.86. The molecule has 6 nitrogen and oxygen atoms in total. The highest BCUT2D eigenvalue weighted by Crippen LogP contribution is 2.18. The Labute approximate surface area is 152 Å². The van der Waals surface area contributed by atoms with Gasteiger partial charge >= 0.3 is 0 Å². The Balaban J connectivity index is 1.41. The molecule has 0 saturated carbocycles. The fourth-order valence-corrected chi connectivity index (χ4v) is 2.66. The zero-order chi connectivity index (χ0) is 18.2. The molecule has 1 aliphatic heterocycles. The van der Waals surface area contributed by atoms with E-state index in [0.29, 0.717) is 17.9 Å². The summed E-state index contributed by atoms with van der Waals surface area (Å²) in [6.07, 6.45) is 2.28. The minimum Gasteiger partial charge on any atom is -0.491 e. The second-order valence-corrected chi connectivity index (χ2v) is 6.07. The number of hydrogen-bond donors (Lipinski definition) is 2. The average Bonchev–Trinajstić information content (AvgIpc) is 3.20. The van der Waals surface area contributed by atoms with Gasteiger partial charge in [-0.05, 0) is 49.2 Å². The van der Waals surface area contributed by atoms with E-state index < -0.39 is 0 Å². The van der Waals surface area contributed by atoms with E-state index in [9.17, 15) is 9.59 Å². The highest BCUT2D eigenvalue weighted by Gasteiger charge is 2.16. The Morgan fingerprint density at radius 3 is 2.54 bits per heavy atom. The number of benzene rings is 2. The molecule has 1 atom stereocenters. The second-order valence-electron chi connectivity index (χ2n) is 6.07. The van der Waals surface area contributed by atoms with Gasteiger partial charge in [-0.1, -0.05) is 18.2 Å². The molecule has 0 radical (unpaired) electrons. The van der Waals surface area contributed by atoms with Crippen LogP contribution >= 0.6 is 0 Å². The standard InChI is InChI=1S/C20H22N2O4/c23-19(13-21-20(24)15-5-2-1-3-6-15)22-16-8-10-17(11-9-16)26-14-18-7-4-12-25-18/h1-3,5-6,8-11,18H,4,7,12-14H2,(H,21,24)(H,22,23). The number of amides is 2.